The first-order valence-electron chi connectivity index (χ1n) is 5.25. The minimum absolute atomic E-state index is 0.911. The van der Waals surface area contributed by atoms with Crippen LogP contribution < -0.4 is 5.32 Å². The number of rotatable bonds is 3. The highest BCUT2D eigenvalue weighted by Gasteiger charge is 2.16. The lowest BCUT2D eigenvalue weighted by molar-refractivity contribution is 0.333. The highest BCUT2D eigenvalue weighted by molar-refractivity contribution is 9.10. The zero-order valence-electron chi connectivity index (χ0n) is 8.52. The molecule has 0 bridgehead atoms. The number of benzene rings is 1. The fraction of sp³-hybridized carbons (Fsp3) is 0.500. The number of nitrogens with one attached hydrogen (secondary N) is 1. The molecule has 0 heterocycles. The molecule has 1 aromatic carbocycles. The van der Waals surface area contributed by atoms with Gasteiger partial charge in [0.15, 0.2) is 0 Å². The Hall–Kier alpha value is -0.500. The Morgan fingerprint density at radius 1 is 1.36 bits per heavy atom. The zero-order chi connectivity index (χ0) is 9.97. The lowest BCUT2D eigenvalue weighted by Gasteiger charge is -2.26. The second-order valence-electron chi connectivity index (χ2n) is 4.20. The zero-order valence-corrected chi connectivity index (χ0v) is 10.1. The van der Waals surface area contributed by atoms with E-state index in [0.29, 0.717) is 0 Å². The van der Waals surface area contributed by atoms with E-state index in [1.54, 1.807) is 0 Å². The smallest absolute Gasteiger partial charge is 0.0354 e. The van der Waals surface area contributed by atoms with Gasteiger partial charge in [-0.3, -0.25) is 0 Å². The van der Waals surface area contributed by atoms with Crippen LogP contribution in [-0.2, 0) is 0 Å². The molecule has 14 heavy (non-hydrogen) atoms. The molecule has 0 amide bonds. The second-order valence-corrected chi connectivity index (χ2v) is 5.11. The predicted molar refractivity (Wildman–Crippen MR) is 64.7 cm³/mol. The van der Waals surface area contributed by atoms with Crippen LogP contribution in [0, 0.1) is 12.8 Å². The second kappa shape index (κ2) is 4.35. The first-order chi connectivity index (χ1) is 6.74. The number of hydrogen-bond donors (Lipinski definition) is 1. The van der Waals surface area contributed by atoms with Gasteiger partial charge in [-0.15, -0.1) is 0 Å². The van der Waals surface area contributed by atoms with Gasteiger partial charge in [0.2, 0.25) is 0 Å². The summed E-state index contributed by atoms with van der Waals surface area (Å²) in [6.07, 6.45) is 4.23. The predicted octanol–water partition coefficient (Wildman–Crippen LogP) is 3.97. The molecule has 0 aromatic heterocycles. The molecule has 0 saturated heterocycles. The summed E-state index contributed by atoms with van der Waals surface area (Å²) in [5, 5.41) is 3.50. The van der Waals surface area contributed by atoms with Crippen LogP contribution in [0.15, 0.2) is 22.7 Å². The highest BCUT2D eigenvalue weighted by atomic mass is 79.9. The van der Waals surface area contributed by atoms with Crippen molar-refractivity contribution in [1.29, 1.82) is 0 Å². The Morgan fingerprint density at radius 3 is 2.71 bits per heavy atom. The summed E-state index contributed by atoms with van der Waals surface area (Å²) in [5.74, 6) is 0.911. The standard InChI is InChI=1S/C12H16BrN/c1-9-5-11(13)7-12(6-9)14-8-10-3-2-4-10/h5-7,10,14H,2-4,8H2,1H3. The van der Waals surface area contributed by atoms with Crippen LogP contribution in [0.2, 0.25) is 0 Å². The van der Waals surface area contributed by atoms with E-state index < -0.39 is 0 Å². The Balaban J connectivity index is 1.94. The van der Waals surface area contributed by atoms with E-state index in [1.807, 2.05) is 0 Å². The van der Waals surface area contributed by atoms with Gasteiger partial charge >= 0.3 is 0 Å². The van der Waals surface area contributed by atoms with E-state index in [1.165, 1.54) is 30.5 Å². The number of aryl methyl sites for hydroxylation is 1. The van der Waals surface area contributed by atoms with E-state index >= 15 is 0 Å². The topological polar surface area (TPSA) is 12.0 Å². The molecular formula is C12H16BrN. The normalized spacial score (nSPS) is 16.4. The SMILES string of the molecule is Cc1cc(Br)cc(NCC2CCC2)c1. The Labute approximate surface area is 94.0 Å². The van der Waals surface area contributed by atoms with Crippen molar-refractivity contribution in [2.24, 2.45) is 5.92 Å². The first kappa shape index (κ1) is 10.0. The monoisotopic (exact) mass is 253 g/mol. The molecule has 0 unspecified atom stereocenters. The van der Waals surface area contributed by atoms with Crippen LogP contribution in [0.4, 0.5) is 5.69 Å². The van der Waals surface area contributed by atoms with Gasteiger partial charge in [-0.2, -0.15) is 0 Å². The number of anilines is 1. The van der Waals surface area contributed by atoms with Crippen molar-refractivity contribution in [3.05, 3.63) is 28.2 Å². The number of halogens is 1. The summed E-state index contributed by atoms with van der Waals surface area (Å²) in [5.41, 5.74) is 2.54. The molecule has 1 aromatic rings. The molecule has 2 rings (SSSR count). The molecular weight excluding hydrogens is 238 g/mol. The maximum atomic E-state index is 3.51. The van der Waals surface area contributed by atoms with Gasteiger partial charge in [0.05, 0.1) is 0 Å². The maximum Gasteiger partial charge on any atom is 0.0354 e. The summed E-state index contributed by atoms with van der Waals surface area (Å²) in [7, 11) is 0. The molecule has 1 saturated carbocycles. The van der Waals surface area contributed by atoms with Crippen LogP contribution in [0.25, 0.3) is 0 Å². The van der Waals surface area contributed by atoms with Crippen molar-refractivity contribution in [1.82, 2.24) is 0 Å². The molecule has 0 atom stereocenters. The van der Waals surface area contributed by atoms with Gasteiger partial charge in [-0.25, -0.2) is 0 Å². The fourth-order valence-electron chi connectivity index (χ4n) is 1.80. The minimum Gasteiger partial charge on any atom is -0.385 e. The van der Waals surface area contributed by atoms with E-state index in [4.69, 9.17) is 0 Å². The molecule has 0 aliphatic heterocycles. The van der Waals surface area contributed by atoms with E-state index in [0.717, 1.165) is 16.9 Å². The molecule has 1 nitrogen and oxygen atoms in total. The molecule has 1 aliphatic rings. The number of hydrogen-bond acceptors (Lipinski definition) is 1. The van der Waals surface area contributed by atoms with Crippen LogP contribution >= 0.6 is 15.9 Å². The van der Waals surface area contributed by atoms with Gasteiger partial charge in [0, 0.05) is 16.7 Å². The van der Waals surface area contributed by atoms with Crippen LogP contribution in [0.5, 0.6) is 0 Å². The van der Waals surface area contributed by atoms with Crippen molar-refractivity contribution in [2.45, 2.75) is 26.2 Å². The third-order valence-corrected chi connectivity index (χ3v) is 3.32. The quantitative estimate of drug-likeness (QED) is 0.860. The van der Waals surface area contributed by atoms with E-state index in [2.05, 4.69) is 46.4 Å². The fourth-order valence-corrected chi connectivity index (χ4v) is 2.41. The van der Waals surface area contributed by atoms with Crippen molar-refractivity contribution in [3.8, 4) is 0 Å². The lowest BCUT2D eigenvalue weighted by Crippen LogP contribution is -2.20. The Kier molecular flexibility index (Phi) is 3.12. The van der Waals surface area contributed by atoms with Gasteiger partial charge in [0.25, 0.3) is 0 Å². The average molecular weight is 254 g/mol. The highest BCUT2D eigenvalue weighted by Crippen LogP contribution is 2.27. The van der Waals surface area contributed by atoms with Crippen LogP contribution in [-0.4, -0.2) is 6.54 Å². The Morgan fingerprint density at radius 2 is 2.14 bits per heavy atom. The van der Waals surface area contributed by atoms with Gasteiger partial charge in [-0.1, -0.05) is 22.4 Å². The summed E-state index contributed by atoms with van der Waals surface area (Å²) < 4.78 is 1.16. The maximum absolute atomic E-state index is 3.51. The summed E-state index contributed by atoms with van der Waals surface area (Å²) >= 11 is 3.51. The molecule has 1 N–H and O–H groups in total. The van der Waals surface area contributed by atoms with E-state index in [-0.39, 0.29) is 0 Å². The summed E-state index contributed by atoms with van der Waals surface area (Å²) in [4.78, 5) is 0. The summed E-state index contributed by atoms with van der Waals surface area (Å²) in [6, 6.07) is 6.48. The van der Waals surface area contributed by atoms with Crippen LogP contribution in [0.3, 0.4) is 0 Å². The minimum atomic E-state index is 0.911. The van der Waals surface area contributed by atoms with E-state index in [9.17, 15) is 0 Å². The van der Waals surface area contributed by atoms with Gasteiger partial charge < -0.3 is 5.32 Å². The molecule has 1 fully saturated rings. The summed E-state index contributed by atoms with van der Waals surface area (Å²) in [6.45, 7) is 3.26. The molecule has 76 valence electrons. The largest absolute Gasteiger partial charge is 0.385 e. The van der Waals surface area contributed by atoms with Crippen molar-refractivity contribution in [2.75, 3.05) is 11.9 Å². The third-order valence-electron chi connectivity index (χ3n) is 2.86. The molecule has 1 aliphatic carbocycles. The van der Waals surface area contributed by atoms with Crippen molar-refractivity contribution < 1.29 is 0 Å². The lowest BCUT2D eigenvalue weighted by atomic mass is 9.85. The van der Waals surface area contributed by atoms with Crippen molar-refractivity contribution in [3.63, 3.8) is 0 Å². The first-order valence-corrected chi connectivity index (χ1v) is 6.04. The third kappa shape index (κ3) is 2.50. The van der Waals surface area contributed by atoms with Gasteiger partial charge in [-0.05, 0) is 49.4 Å². The molecule has 2 heteroatoms. The van der Waals surface area contributed by atoms with Gasteiger partial charge in [0.1, 0.15) is 0 Å². The Bertz CT molecular complexity index is 298. The van der Waals surface area contributed by atoms with Crippen molar-refractivity contribution >= 4 is 21.6 Å². The molecule has 0 spiro atoms. The van der Waals surface area contributed by atoms with Crippen LogP contribution in [0.1, 0.15) is 24.8 Å². The molecule has 0 radical (unpaired) electrons. The average Bonchev–Trinajstić information content (AvgIpc) is 1.99.